The zero-order valence-corrected chi connectivity index (χ0v) is 17.0. The van der Waals surface area contributed by atoms with E-state index in [9.17, 15) is 14.4 Å². The number of nitrogens with one attached hydrogen (secondary N) is 3. The van der Waals surface area contributed by atoms with Gasteiger partial charge in [0.1, 0.15) is 11.5 Å². The van der Waals surface area contributed by atoms with Crippen molar-refractivity contribution in [2.75, 3.05) is 29.7 Å². The molecule has 3 amide bonds. The highest BCUT2D eigenvalue weighted by molar-refractivity contribution is 5.99. The van der Waals surface area contributed by atoms with Crippen molar-refractivity contribution in [2.45, 2.75) is 32.6 Å². The topological polar surface area (TPSA) is 106 Å². The molecule has 8 nitrogen and oxygen atoms in total. The third kappa shape index (κ3) is 5.73. The van der Waals surface area contributed by atoms with Gasteiger partial charge in [0.15, 0.2) is 0 Å². The van der Waals surface area contributed by atoms with Crippen molar-refractivity contribution in [3.63, 3.8) is 0 Å². The molecular formula is C22H25N3O5. The van der Waals surface area contributed by atoms with Gasteiger partial charge in [-0.1, -0.05) is 0 Å². The molecule has 1 heterocycles. The normalized spacial score (nSPS) is 12.4. The highest BCUT2D eigenvalue weighted by Gasteiger charge is 2.15. The Bertz CT molecular complexity index is 958. The smallest absolute Gasteiger partial charge is 0.224 e. The Labute approximate surface area is 174 Å². The van der Waals surface area contributed by atoms with Gasteiger partial charge in [-0.25, -0.2) is 0 Å². The average molecular weight is 411 g/mol. The van der Waals surface area contributed by atoms with E-state index < -0.39 is 0 Å². The molecule has 30 heavy (non-hydrogen) atoms. The van der Waals surface area contributed by atoms with E-state index in [0.717, 1.165) is 11.3 Å². The van der Waals surface area contributed by atoms with E-state index in [1.165, 1.54) is 14.0 Å². The lowest BCUT2D eigenvalue weighted by molar-refractivity contribution is -0.117. The van der Waals surface area contributed by atoms with Crippen LogP contribution < -0.4 is 25.4 Å². The van der Waals surface area contributed by atoms with Crippen LogP contribution in [0.4, 0.5) is 17.1 Å². The van der Waals surface area contributed by atoms with Gasteiger partial charge in [-0.2, -0.15) is 0 Å². The van der Waals surface area contributed by atoms with Crippen LogP contribution in [-0.2, 0) is 20.8 Å². The van der Waals surface area contributed by atoms with Gasteiger partial charge in [0.05, 0.1) is 25.1 Å². The van der Waals surface area contributed by atoms with Crippen LogP contribution >= 0.6 is 0 Å². The van der Waals surface area contributed by atoms with E-state index in [0.29, 0.717) is 48.7 Å². The predicted octanol–water partition coefficient (Wildman–Crippen LogP) is 3.34. The molecule has 2 aromatic rings. The first-order valence-electron chi connectivity index (χ1n) is 9.75. The molecule has 0 bridgehead atoms. The number of carbonyl (C=O) groups excluding carboxylic acids is 3. The summed E-state index contributed by atoms with van der Waals surface area (Å²) in [7, 11) is 1.53. The van der Waals surface area contributed by atoms with Crippen molar-refractivity contribution in [3.05, 3.63) is 42.0 Å². The summed E-state index contributed by atoms with van der Waals surface area (Å²) in [6.07, 6.45) is 1.95. The summed E-state index contributed by atoms with van der Waals surface area (Å²) in [5, 5.41) is 8.33. The van der Waals surface area contributed by atoms with E-state index in [-0.39, 0.29) is 24.1 Å². The van der Waals surface area contributed by atoms with Crippen LogP contribution in [-0.4, -0.2) is 31.4 Å². The van der Waals surface area contributed by atoms with Crippen LogP contribution in [0.1, 0.15) is 31.7 Å². The maximum Gasteiger partial charge on any atom is 0.224 e. The molecule has 0 saturated carbocycles. The zero-order valence-electron chi connectivity index (χ0n) is 17.0. The summed E-state index contributed by atoms with van der Waals surface area (Å²) < 4.78 is 10.9. The molecule has 0 radical (unpaired) electrons. The summed E-state index contributed by atoms with van der Waals surface area (Å²) >= 11 is 0. The van der Waals surface area contributed by atoms with Crippen LogP contribution in [0.5, 0.6) is 11.5 Å². The third-order valence-electron chi connectivity index (χ3n) is 4.60. The second-order valence-corrected chi connectivity index (χ2v) is 6.96. The summed E-state index contributed by atoms with van der Waals surface area (Å²) in [4.78, 5) is 35.1. The molecule has 158 valence electrons. The fourth-order valence-electron chi connectivity index (χ4n) is 3.14. The minimum absolute atomic E-state index is 0.0277. The van der Waals surface area contributed by atoms with Crippen molar-refractivity contribution < 1.29 is 23.9 Å². The lowest BCUT2D eigenvalue weighted by Gasteiger charge is -2.17. The van der Waals surface area contributed by atoms with Gasteiger partial charge in [0, 0.05) is 31.5 Å². The Kier molecular flexibility index (Phi) is 6.90. The van der Waals surface area contributed by atoms with Crippen molar-refractivity contribution in [1.82, 2.24) is 0 Å². The maximum absolute atomic E-state index is 12.3. The van der Waals surface area contributed by atoms with Gasteiger partial charge >= 0.3 is 0 Å². The fourth-order valence-corrected chi connectivity index (χ4v) is 3.14. The van der Waals surface area contributed by atoms with Gasteiger partial charge in [-0.3, -0.25) is 14.4 Å². The van der Waals surface area contributed by atoms with E-state index in [4.69, 9.17) is 9.47 Å². The van der Waals surface area contributed by atoms with Crippen LogP contribution in [0.25, 0.3) is 0 Å². The number of carbonyl (C=O) groups is 3. The van der Waals surface area contributed by atoms with E-state index in [2.05, 4.69) is 16.0 Å². The Hall–Kier alpha value is -3.55. The molecule has 3 rings (SSSR count). The average Bonchev–Trinajstić information content (AvgIpc) is 2.72. The molecular weight excluding hydrogens is 386 g/mol. The molecule has 0 saturated heterocycles. The van der Waals surface area contributed by atoms with Crippen LogP contribution in [0.3, 0.4) is 0 Å². The number of ether oxygens (including phenoxy) is 2. The first kappa shape index (κ1) is 21.2. The molecule has 0 aromatic heterocycles. The second-order valence-electron chi connectivity index (χ2n) is 6.96. The summed E-state index contributed by atoms with van der Waals surface area (Å²) in [5.41, 5.74) is 2.86. The number of aryl methyl sites for hydroxylation is 1. The molecule has 8 heteroatoms. The number of amides is 3. The number of hydrogen-bond donors (Lipinski definition) is 3. The number of methoxy groups -OCH3 is 1. The molecule has 3 N–H and O–H groups in total. The first-order chi connectivity index (χ1) is 14.4. The predicted molar refractivity (Wildman–Crippen MR) is 114 cm³/mol. The van der Waals surface area contributed by atoms with Crippen molar-refractivity contribution in [1.29, 1.82) is 0 Å². The molecule has 1 aliphatic rings. The monoisotopic (exact) mass is 411 g/mol. The highest BCUT2D eigenvalue weighted by Crippen LogP contribution is 2.28. The third-order valence-corrected chi connectivity index (χ3v) is 4.60. The Morgan fingerprint density at radius 2 is 1.83 bits per heavy atom. The largest absolute Gasteiger partial charge is 0.497 e. The van der Waals surface area contributed by atoms with Crippen LogP contribution in [0, 0.1) is 0 Å². The SMILES string of the molecule is COc1ccc(NC(C)=O)c(NC(=O)CCCOc2ccc3c(c2)CCC(=O)N3)c1. The first-order valence-corrected chi connectivity index (χ1v) is 9.75. The molecule has 1 aliphatic heterocycles. The fraction of sp³-hybridized carbons (Fsp3) is 0.318. The number of anilines is 3. The molecule has 0 unspecified atom stereocenters. The van der Waals surface area contributed by atoms with Crippen LogP contribution in [0.15, 0.2) is 36.4 Å². The van der Waals surface area contributed by atoms with Crippen molar-refractivity contribution in [3.8, 4) is 11.5 Å². The summed E-state index contributed by atoms with van der Waals surface area (Å²) in [6.45, 7) is 1.79. The Morgan fingerprint density at radius 3 is 2.60 bits per heavy atom. The zero-order chi connectivity index (χ0) is 21.5. The second kappa shape index (κ2) is 9.78. The highest BCUT2D eigenvalue weighted by atomic mass is 16.5. The molecule has 2 aromatic carbocycles. The van der Waals surface area contributed by atoms with E-state index in [1.54, 1.807) is 24.3 Å². The molecule has 0 aliphatic carbocycles. The minimum Gasteiger partial charge on any atom is -0.497 e. The summed E-state index contributed by atoms with van der Waals surface area (Å²) in [6, 6.07) is 10.6. The lowest BCUT2D eigenvalue weighted by Crippen LogP contribution is -2.18. The van der Waals surface area contributed by atoms with E-state index >= 15 is 0 Å². The maximum atomic E-state index is 12.3. The van der Waals surface area contributed by atoms with Gasteiger partial charge < -0.3 is 25.4 Å². The van der Waals surface area contributed by atoms with Gasteiger partial charge in [-0.15, -0.1) is 0 Å². The van der Waals surface area contributed by atoms with Crippen LogP contribution in [0.2, 0.25) is 0 Å². The number of hydrogen-bond acceptors (Lipinski definition) is 5. The molecule has 0 spiro atoms. The van der Waals surface area contributed by atoms with Crippen molar-refractivity contribution in [2.24, 2.45) is 0 Å². The summed E-state index contributed by atoms with van der Waals surface area (Å²) in [5.74, 6) is 0.901. The Balaban J connectivity index is 1.49. The number of benzene rings is 2. The Morgan fingerprint density at radius 1 is 1.03 bits per heavy atom. The standard InChI is InChI=1S/C22H25N3O5/c1-14(26)23-19-9-6-16(29-2)13-20(19)25-21(27)4-3-11-30-17-7-8-18-15(12-17)5-10-22(28)24-18/h6-9,12-13H,3-5,10-11H2,1-2H3,(H,23,26)(H,24,28)(H,25,27). The van der Waals surface area contributed by atoms with Gasteiger partial charge in [0.2, 0.25) is 17.7 Å². The molecule has 0 atom stereocenters. The number of rotatable bonds is 8. The number of fused-ring (bicyclic) bond motifs is 1. The molecule has 0 fully saturated rings. The van der Waals surface area contributed by atoms with Gasteiger partial charge in [0.25, 0.3) is 0 Å². The van der Waals surface area contributed by atoms with Crippen molar-refractivity contribution >= 4 is 34.8 Å². The minimum atomic E-state index is -0.228. The van der Waals surface area contributed by atoms with E-state index in [1.807, 2.05) is 12.1 Å². The lowest BCUT2D eigenvalue weighted by atomic mass is 10.0. The quantitative estimate of drug-likeness (QED) is 0.578. The van der Waals surface area contributed by atoms with Gasteiger partial charge in [-0.05, 0) is 48.7 Å².